The SMILES string of the molecule is CCCN[As](CC)CC. The van der Waals surface area contributed by atoms with Crippen LogP contribution in [0.25, 0.3) is 0 Å². The van der Waals surface area contributed by atoms with Crippen LogP contribution in [0.15, 0.2) is 0 Å². The fourth-order valence-corrected chi connectivity index (χ4v) is 3.73. The number of nitrogens with one attached hydrogen (secondary N) is 1. The van der Waals surface area contributed by atoms with E-state index in [1.54, 1.807) is 0 Å². The van der Waals surface area contributed by atoms with Crippen molar-refractivity contribution in [3.05, 3.63) is 0 Å². The fraction of sp³-hybridized carbons (Fsp3) is 1.00. The van der Waals surface area contributed by atoms with Gasteiger partial charge in [0.2, 0.25) is 0 Å². The molecule has 0 rings (SSSR count). The summed E-state index contributed by atoms with van der Waals surface area (Å²) in [7, 11) is 0. The average molecular weight is 191 g/mol. The van der Waals surface area contributed by atoms with Crippen LogP contribution in [-0.4, -0.2) is 21.4 Å². The van der Waals surface area contributed by atoms with E-state index in [1.165, 1.54) is 23.4 Å². The standard InChI is InChI=1S/C7H18AsN/c1-4-7-9-8(5-2)6-3/h9H,4-7H2,1-3H3. The zero-order chi connectivity index (χ0) is 7.11. The molecule has 0 saturated carbocycles. The van der Waals surface area contributed by atoms with Gasteiger partial charge in [-0.05, 0) is 0 Å². The predicted octanol–water partition coefficient (Wildman–Crippen LogP) is 2.02. The van der Waals surface area contributed by atoms with Crippen LogP contribution in [0, 0.1) is 0 Å². The van der Waals surface area contributed by atoms with Crippen LogP contribution in [0.2, 0.25) is 10.4 Å². The molecule has 0 aromatic rings. The molecule has 0 aliphatic heterocycles. The molecular formula is C7H18AsN. The van der Waals surface area contributed by atoms with E-state index in [4.69, 9.17) is 0 Å². The van der Waals surface area contributed by atoms with Crippen molar-refractivity contribution in [1.29, 1.82) is 0 Å². The molecule has 0 spiro atoms. The molecule has 0 radical (unpaired) electrons. The van der Waals surface area contributed by atoms with Crippen molar-refractivity contribution in [2.75, 3.05) is 6.54 Å². The Bertz CT molecular complexity index is 52.9. The zero-order valence-electron chi connectivity index (χ0n) is 6.78. The summed E-state index contributed by atoms with van der Waals surface area (Å²) in [4.78, 5) is 0. The predicted molar refractivity (Wildman–Crippen MR) is 45.0 cm³/mol. The van der Waals surface area contributed by atoms with Gasteiger partial charge in [-0.2, -0.15) is 0 Å². The monoisotopic (exact) mass is 191 g/mol. The molecule has 1 N–H and O–H groups in total. The Kier molecular flexibility index (Phi) is 7.02. The van der Waals surface area contributed by atoms with Crippen LogP contribution in [0.1, 0.15) is 27.2 Å². The zero-order valence-corrected chi connectivity index (χ0v) is 8.65. The van der Waals surface area contributed by atoms with Crippen molar-refractivity contribution in [3.8, 4) is 0 Å². The molecule has 0 saturated heterocycles. The summed E-state index contributed by atoms with van der Waals surface area (Å²) in [6.45, 7) is 8.06. The third-order valence-corrected chi connectivity index (χ3v) is 5.96. The topological polar surface area (TPSA) is 12.0 Å². The molecule has 1 nitrogen and oxygen atoms in total. The van der Waals surface area contributed by atoms with E-state index in [9.17, 15) is 0 Å². The first kappa shape index (κ1) is 9.52. The minimum atomic E-state index is -0.520. The number of hydrogen-bond donors (Lipinski definition) is 1. The first-order valence-corrected chi connectivity index (χ1v) is 7.42. The molecule has 0 aliphatic rings. The Morgan fingerprint density at radius 3 is 2.00 bits per heavy atom. The molecule has 0 atom stereocenters. The van der Waals surface area contributed by atoms with E-state index in [-0.39, 0.29) is 0 Å². The molecule has 0 bridgehead atoms. The first-order chi connectivity index (χ1) is 4.35. The van der Waals surface area contributed by atoms with Gasteiger partial charge in [-0.15, -0.1) is 0 Å². The molecule has 0 fully saturated rings. The van der Waals surface area contributed by atoms with Crippen LogP contribution in [0.5, 0.6) is 0 Å². The number of hydrogen-bond acceptors (Lipinski definition) is 1. The van der Waals surface area contributed by atoms with Gasteiger partial charge in [0.05, 0.1) is 0 Å². The van der Waals surface area contributed by atoms with Gasteiger partial charge in [0.15, 0.2) is 0 Å². The van der Waals surface area contributed by atoms with Crippen LogP contribution in [-0.2, 0) is 0 Å². The van der Waals surface area contributed by atoms with Crippen molar-refractivity contribution < 1.29 is 0 Å². The van der Waals surface area contributed by atoms with Gasteiger partial charge in [-0.1, -0.05) is 0 Å². The van der Waals surface area contributed by atoms with Gasteiger partial charge in [0.1, 0.15) is 0 Å². The van der Waals surface area contributed by atoms with Crippen molar-refractivity contribution in [3.63, 3.8) is 0 Å². The first-order valence-electron chi connectivity index (χ1n) is 3.83. The molecule has 0 amide bonds. The summed E-state index contributed by atoms with van der Waals surface area (Å²) in [5.41, 5.74) is 0. The van der Waals surface area contributed by atoms with Crippen molar-refractivity contribution in [1.82, 2.24) is 4.23 Å². The molecule has 0 aromatic heterocycles. The Morgan fingerprint density at radius 2 is 1.67 bits per heavy atom. The van der Waals surface area contributed by atoms with E-state index >= 15 is 0 Å². The third-order valence-electron chi connectivity index (χ3n) is 1.35. The molecule has 0 heterocycles. The van der Waals surface area contributed by atoms with E-state index in [2.05, 4.69) is 25.0 Å². The van der Waals surface area contributed by atoms with Crippen LogP contribution >= 0.6 is 0 Å². The van der Waals surface area contributed by atoms with E-state index in [0.717, 1.165) is 0 Å². The normalized spacial score (nSPS) is 10.7. The minimum absolute atomic E-state index is 0.520. The summed E-state index contributed by atoms with van der Waals surface area (Å²) in [5, 5.41) is 2.81. The molecule has 2 heteroatoms. The third kappa shape index (κ3) is 4.99. The molecular weight excluding hydrogens is 173 g/mol. The molecule has 0 aliphatic carbocycles. The van der Waals surface area contributed by atoms with Crippen LogP contribution in [0.4, 0.5) is 0 Å². The summed E-state index contributed by atoms with van der Waals surface area (Å²) in [6.07, 6.45) is 1.28. The van der Waals surface area contributed by atoms with Gasteiger partial charge >= 0.3 is 63.3 Å². The Hall–Kier alpha value is 0.518. The summed E-state index contributed by atoms with van der Waals surface area (Å²) >= 11 is -0.520. The quantitative estimate of drug-likeness (QED) is 0.655. The molecule has 9 heavy (non-hydrogen) atoms. The van der Waals surface area contributed by atoms with Gasteiger partial charge in [0, 0.05) is 0 Å². The summed E-state index contributed by atoms with van der Waals surface area (Å²) in [6, 6.07) is 0. The Balaban J connectivity index is 3.09. The maximum absolute atomic E-state index is 3.61. The molecule has 0 aromatic carbocycles. The van der Waals surface area contributed by atoms with Crippen molar-refractivity contribution >= 4 is 14.9 Å². The fourth-order valence-electron chi connectivity index (χ4n) is 0.717. The van der Waals surface area contributed by atoms with E-state index in [0.29, 0.717) is 0 Å². The van der Waals surface area contributed by atoms with Gasteiger partial charge in [-0.3, -0.25) is 0 Å². The second-order valence-electron chi connectivity index (χ2n) is 2.08. The van der Waals surface area contributed by atoms with E-state index in [1.807, 2.05) is 0 Å². The second kappa shape index (κ2) is 6.64. The Labute approximate surface area is 63.7 Å². The van der Waals surface area contributed by atoms with Crippen LogP contribution in [0.3, 0.4) is 0 Å². The van der Waals surface area contributed by atoms with Gasteiger partial charge in [-0.25, -0.2) is 0 Å². The van der Waals surface area contributed by atoms with E-state index < -0.39 is 14.9 Å². The number of rotatable bonds is 5. The summed E-state index contributed by atoms with van der Waals surface area (Å²) in [5.74, 6) is 0. The van der Waals surface area contributed by atoms with Gasteiger partial charge < -0.3 is 0 Å². The average Bonchev–Trinajstić information content (AvgIpc) is 1.91. The van der Waals surface area contributed by atoms with Crippen molar-refractivity contribution in [2.45, 2.75) is 37.6 Å². The second-order valence-corrected chi connectivity index (χ2v) is 7.66. The molecule has 0 unspecified atom stereocenters. The molecule has 56 valence electrons. The summed E-state index contributed by atoms with van der Waals surface area (Å²) < 4.78 is 3.61. The Morgan fingerprint density at radius 1 is 1.11 bits per heavy atom. The maximum atomic E-state index is 3.61. The van der Waals surface area contributed by atoms with Crippen molar-refractivity contribution in [2.24, 2.45) is 0 Å². The van der Waals surface area contributed by atoms with Gasteiger partial charge in [0.25, 0.3) is 0 Å². The van der Waals surface area contributed by atoms with Crippen LogP contribution < -0.4 is 4.23 Å².